The maximum atomic E-state index is 12.2. The summed E-state index contributed by atoms with van der Waals surface area (Å²) in [5, 5.41) is 0. The van der Waals surface area contributed by atoms with E-state index in [1.165, 1.54) is 31.4 Å². The van der Waals surface area contributed by atoms with E-state index in [-0.39, 0.29) is 18.0 Å². The molecule has 0 radical (unpaired) electrons. The van der Waals surface area contributed by atoms with Crippen LogP contribution in [0.5, 0.6) is 5.75 Å². The Labute approximate surface area is 158 Å². The lowest BCUT2D eigenvalue weighted by molar-refractivity contribution is -0.283. The van der Waals surface area contributed by atoms with Gasteiger partial charge in [0.2, 0.25) is 0 Å². The second kappa shape index (κ2) is 10.3. The molecule has 0 unspecified atom stereocenters. The van der Waals surface area contributed by atoms with Gasteiger partial charge in [-0.05, 0) is 18.6 Å². The molecule has 0 atom stereocenters. The Balaban J connectivity index is 1.40. The van der Waals surface area contributed by atoms with Gasteiger partial charge in [0.25, 0.3) is 0 Å². The van der Waals surface area contributed by atoms with Gasteiger partial charge in [-0.25, -0.2) is 0 Å². The number of halogens is 2. The van der Waals surface area contributed by atoms with E-state index in [2.05, 4.69) is 11.7 Å². The molecule has 2 heterocycles. The summed E-state index contributed by atoms with van der Waals surface area (Å²) in [6.07, 6.45) is 4.02. The van der Waals surface area contributed by atoms with Crippen molar-refractivity contribution in [2.45, 2.75) is 51.8 Å². The average Bonchev–Trinajstić information content (AvgIpc) is 2.69. The molecule has 2 saturated heterocycles. The Morgan fingerprint density at radius 1 is 0.963 bits per heavy atom. The summed E-state index contributed by atoms with van der Waals surface area (Å²) in [5.74, 6) is 0.610. The van der Waals surface area contributed by atoms with Crippen LogP contribution in [0.4, 0.5) is 8.78 Å². The lowest BCUT2D eigenvalue weighted by Crippen LogP contribution is -2.43. The Morgan fingerprint density at radius 2 is 1.63 bits per heavy atom. The van der Waals surface area contributed by atoms with Crippen molar-refractivity contribution in [3.63, 3.8) is 0 Å². The molecule has 0 aliphatic carbocycles. The van der Waals surface area contributed by atoms with E-state index in [0.29, 0.717) is 19.1 Å². The number of unbranched alkanes of at least 4 members (excludes halogenated alkanes) is 2. The first-order chi connectivity index (χ1) is 13.2. The molecule has 2 aliphatic heterocycles. The third-order valence-corrected chi connectivity index (χ3v) is 4.89. The van der Waals surface area contributed by atoms with Crippen molar-refractivity contribution in [1.82, 2.24) is 0 Å². The lowest BCUT2D eigenvalue weighted by Gasteiger charge is -2.37. The Morgan fingerprint density at radius 3 is 2.22 bits per heavy atom. The molecular weight excluding hydrogens is 358 g/mol. The quantitative estimate of drug-likeness (QED) is 0.615. The normalized spacial score (nSPS) is 29.0. The molecule has 7 heteroatoms. The van der Waals surface area contributed by atoms with Gasteiger partial charge in [-0.1, -0.05) is 38.3 Å². The van der Waals surface area contributed by atoms with Gasteiger partial charge < -0.3 is 23.7 Å². The summed E-state index contributed by atoms with van der Waals surface area (Å²) >= 11 is 0. The third kappa shape index (κ3) is 6.10. The summed E-state index contributed by atoms with van der Waals surface area (Å²) in [5.41, 5.74) is 0.761. The number of hydrogen-bond acceptors (Lipinski definition) is 5. The topological polar surface area (TPSA) is 46.2 Å². The summed E-state index contributed by atoms with van der Waals surface area (Å²) in [6.45, 7) is 1.74. The highest BCUT2D eigenvalue weighted by Crippen LogP contribution is 2.30. The molecule has 0 spiro atoms. The van der Waals surface area contributed by atoms with Crippen LogP contribution in [0, 0.1) is 11.8 Å². The second-order valence-electron chi connectivity index (χ2n) is 7.10. The van der Waals surface area contributed by atoms with Crippen molar-refractivity contribution >= 4 is 0 Å². The van der Waals surface area contributed by atoms with Gasteiger partial charge in [0, 0.05) is 11.5 Å². The van der Waals surface area contributed by atoms with E-state index in [4.69, 9.17) is 18.9 Å². The SMILES string of the molecule is CCCCCC1COC(C2COC(c3ccc(OC(F)F)cc3)OC2)OC1. The zero-order chi connectivity index (χ0) is 19.1. The number of rotatable bonds is 8. The maximum absolute atomic E-state index is 12.2. The lowest BCUT2D eigenvalue weighted by atomic mass is 10.0. The third-order valence-electron chi connectivity index (χ3n) is 4.89. The van der Waals surface area contributed by atoms with Crippen LogP contribution in [0.3, 0.4) is 0 Å². The van der Waals surface area contributed by atoms with Crippen molar-refractivity contribution in [3.8, 4) is 5.75 Å². The molecule has 0 saturated carbocycles. The molecule has 0 amide bonds. The molecule has 2 fully saturated rings. The predicted octanol–water partition coefficient (Wildman–Crippen LogP) is 4.52. The summed E-state index contributed by atoms with van der Waals surface area (Å²) < 4.78 is 52.1. The van der Waals surface area contributed by atoms with Crippen LogP contribution in [-0.4, -0.2) is 39.3 Å². The Kier molecular flexibility index (Phi) is 7.81. The van der Waals surface area contributed by atoms with Crippen molar-refractivity contribution in [2.75, 3.05) is 26.4 Å². The molecule has 5 nitrogen and oxygen atoms in total. The fourth-order valence-electron chi connectivity index (χ4n) is 3.35. The van der Waals surface area contributed by atoms with Crippen molar-refractivity contribution in [3.05, 3.63) is 29.8 Å². The van der Waals surface area contributed by atoms with Gasteiger partial charge in [-0.3, -0.25) is 0 Å². The van der Waals surface area contributed by atoms with Gasteiger partial charge in [0.15, 0.2) is 12.6 Å². The zero-order valence-corrected chi connectivity index (χ0v) is 15.7. The highest BCUT2D eigenvalue weighted by Gasteiger charge is 2.34. The van der Waals surface area contributed by atoms with E-state index < -0.39 is 12.9 Å². The number of benzene rings is 1. The monoisotopic (exact) mass is 386 g/mol. The molecule has 1 aromatic carbocycles. The van der Waals surface area contributed by atoms with E-state index in [9.17, 15) is 8.78 Å². The van der Waals surface area contributed by atoms with Gasteiger partial charge >= 0.3 is 6.61 Å². The van der Waals surface area contributed by atoms with Gasteiger partial charge in [-0.2, -0.15) is 8.78 Å². The summed E-state index contributed by atoms with van der Waals surface area (Å²) in [6, 6.07) is 6.28. The number of alkyl halides is 2. The van der Waals surface area contributed by atoms with E-state index in [0.717, 1.165) is 25.2 Å². The van der Waals surface area contributed by atoms with Crippen LogP contribution >= 0.6 is 0 Å². The number of ether oxygens (including phenoxy) is 5. The smallest absolute Gasteiger partial charge is 0.387 e. The standard InChI is InChI=1S/C20H28F2O5/c1-2-3-4-5-14-10-23-19(24-11-14)16-12-25-18(26-13-16)15-6-8-17(9-7-15)27-20(21)22/h6-9,14,16,18-20H,2-5,10-13H2,1H3. The van der Waals surface area contributed by atoms with E-state index >= 15 is 0 Å². The molecule has 27 heavy (non-hydrogen) atoms. The first-order valence-corrected chi connectivity index (χ1v) is 9.67. The van der Waals surface area contributed by atoms with E-state index in [1.807, 2.05) is 0 Å². The van der Waals surface area contributed by atoms with Crippen LogP contribution in [0.1, 0.15) is 44.5 Å². The Bertz CT molecular complexity index is 538. The molecular formula is C20H28F2O5. The minimum absolute atomic E-state index is 0.0271. The molecule has 0 bridgehead atoms. The minimum Gasteiger partial charge on any atom is -0.435 e. The largest absolute Gasteiger partial charge is 0.435 e. The number of hydrogen-bond donors (Lipinski definition) is 0. The van der Waals surface area contributed by atoms with Crippen LogP contribution < -0.4 is 4.74 Å². The van der Waals surface area contributed by atoms with Crippen molar-refractivity contribution in [2.24, 2.45) is 11.8 Å². The van der Waals surface area contributed by atoms with E-state index in [1.54, 1.807) is 12.1 Å². The highest BCUT2D eigenvalue weighted by molar-refractivity contribution is 5.28. The predicted molar refractivity (Wildman–Crippen MR) is 94.5 cm³/mol. The average molecular weight is 386 g/mol. The van der Waals surface area contributed by atoms with Gasteiger partial charge in [0.05, 0.1) is 32.3 Å². The minimum atomic E-state index is -2.83. The van der Waals surface area contributed by atoms with Crippen LogP contribution in [0.15, 0.2) is 24.3 Å². The molecule has 152 valence electrons. The van der Waals surface area contributed by atoms with Crippen molar-refractivity contribution in [1.29, 1.82) is 0 Å². The van der Waals surface area contributed by atoms with Crippen LogP contribution in [-0.2, 0) is 18.9 Å². The molecule has 0 aromatic heterocycles. The zero-order valence-electron chi connectivity index (χ0n) is 15.7. The van der Waals surface area contributed by atoms with Crippen LogP contribution in [0.2, 0.25) is 0 Å². The first-order valence-electron chi connectivity index (χ1n) is 9.67. The first kappa shape index (κ1) is 20.5. The summed E-state index contributed by atoms with van der Waals surface area (Å²) in [7, 11) is 0. The maximum Gasteiger partial charge on any atom is 0.387 e. The molecule has 2 aliphatic rings. The molecule has 3 rings (SSSR count). The molecule has 1 aromatic rings. The fraction of sp³-hybridized carbons (Fsp3) is 0.700. The van der Waals surface area contributed by atoms with Gasteiger partial charge in [-0.15, -0.1) is 0 Å². The summed E-state index contributed by atoms with van der Waals surface area (Å²) in [4.78, 5) is 0. The van der Waals surface area contributed by atoms with Crippen LogP contribution in [0.25, 0.3) is 0 Å². The van der Waals surface area contributed by atoms with Crippen molar-refractivity contribution < 1.29 is 32.5 Å². The van der Waals surface area contributed by atoms with Gasteiger partial charge in [0.1, 0.15) is 5.75 Å². The fourth-order valence-corrected chi connectivity index (χ4v) is 3.35. The second-order valence-corrected chi connectivity index (χ2v) is 7.10. The highest BCUT2D eigenvalue weighted by atomic mass is 19.3. The Hall–Kier alpha value is -1.28. The molecule has 0 N–H and O–H groups in total.